The van der Waals surface area contributed by atoms with Crippen molar-refractivity contribution in [1.29, 1.82) is 0 Å². The van der Waals surface area contributed by atoms with Crippen molar-refractivity contribution < 1.29 is 9.61 Å². The number of pyridine rings is 1. The lowest BCUT2D eigenvalue weighted by molar-refractivity contribution is -0.571. The van der Waals surface area contributed by atoms with Gasteiger partial charge in [0.2, 0.25) is 5.03 Å². The lowest BCUT2D eigenvalue weighted by Crippen LogP contribution is -2.35. The number of amidine groups is 1. The average molecular weight is 290 g/mol. The van der Waals surface area contributed by atoms with Crippen LogP contribution in [0.15, 0.2) is 18.3 Å². The zero-order chi connectivity index (χ0) is 13.5. The Labute approximate surface area is 114 Å². The molecule has 0 atom stereocenters. The molecule has 6 nitrogen and oxygen atoms in total. The topological polar surface area (TPSA) is 71.1 Å². The van der Waals surface area contributed by atoms with E-state index < -0.39 is 5.03 Å². The van der Waals surface area contributed by atoms with Crippen molar-refractivity contribution in [2.24, 2.45) is 0 Å². The summed E-state index contributed by atoms with van der Waals surface area (Å²) in [5, 5.41) is 10.9. The van der Waals surface area contributed by atoms with Gasteiger partial charge in [-0.05, 0) is 31.0 Å². The van der Waals surface area contributed by atoms with Gasteiger partial charge in [0, 0.05) is 17.2 Å². The summed E-state index contributed by atoms with van der Waals surface area (Å²) in [6.07, 6.45) is 3.45. The first-order valence-electron chi connectivity index (χ1n) is 5.24. The van der Waals surface area contributed by atoms with Crippen molar-refractivity contribution in [3.05, 3.63) is 39.2 Å². The summed E-state index contributed by atoms with van der Waals surface area (Å²) < 4.78 is 1.86. The Hall–Kier alpha value is -1.34. The number of hydrogen-bond acceptors (Lipinski definition) is 4. The molecule has 1 heterocycles. The summed E-state index contributed by atoms with van der Waals surface area (Å²) in [6, 6.07) is 3.55. The third-order valence-electron chi connectivity index (χ3n) is 2.21. The zero-order valence-electron chi connectivity index (χ0n) is 10.1. The zero-order valence-corrected chi connectivity index (χ0v) is 11.7. The molecule has 1 aromatic heterocycles. The van der Waals surface area contributed by atoms with Gasteiger partial charge in [-0.3, -0.25) is 0 Å². The largest absolute Gasteiger partial charge is 0.371 e. The Kier molecular flexibility index (Phi) is 5.87. The first-order valence-corrected chi connectivity index (χ1v) is 6.84. The Balaban J connectivity index is 2.90. The molecule has 1 rings (SSSR count). The van der Waals surface area contributed by atoms with E-state index >= 15 is 0 Å². The number of aromatic nitrogens is 1. The monoisotopic (exact) mass is 289 g/mol. The quantitative estimate of drug-likeness (QED) is 0.228. The summed E-state index contributed by atoms with van der Waals surface area (Å²) in [5.41, 5.74) is 3.14. The fourth-order valence-electron chi connectivity index (χ4n) is 1.37. The number of nitro groups is 1. The van der Waals surface area contributed by atoms with E-state index in [2.05, 4.69) is 10.4 Å². The van der Waals surface area contributed by atoms with Crippen LogP contribution >= 0.6 is 23.4 Å². The van der Waals surface area contributed by atoms with Crippen LogP contribution in [0.2, 0.25) is 5.15 Å². The van der Waals surface area contributed by atoms with Gasteiger partial charge in [0.05, 0.1) is 6.54 Å². The van der Waals surface area contributed by atoms with E-state index in [0.29, 0.717) is 23.4 Å². The van der Waals surface area contributed by atoms with Crippen LogP contribution in [0.1, 0.15) is 12.5 Å². The maximum absolute atomic E-state index is 10.5. The van der Waals surface area contributed by atoms with Crippen molar-refractivity contribution in [1.82, 2.24) is 10.4 Å². The number of thioether (sulfide) groups is 1. The van der Waals surface area contributed by atoms with Crippen molar-refractivity contribution >= 4 is 28.5 Å². The molecule has 0 spiro atoms. The highest BCUT2D eigenvalue weighted by Gasteiger charge is 2.17. The molecule has 0 aromatic carbocycles. The van der Waals surface area contributed by atoms with Gasteiger partial charge in [-0.15, -0.1) is 0 Å². The fourth-order valence-corrected chi connectivity index (χ4v) is 2.10. The number of halogens is 1. The van der Waals surface area contributed by atoms with Gasteiger partial charge in [0.15, 0.2) is 0 Å². The van der Waals surface area contributed by atoms with Gasteiger partial charge in [0.25, 0.3) is 0 Å². The van der Waals surface area contributed by atoms with E-state index in [-0.39, 0.29) is 0 Å². The summed E-state index contributed by atoms with van der Waals surface area (Å²) >= 11 is 7.00. The van der Waals surface area contributed by atoms with E-state index in [0.717, 1.165) is 5.56 Å². The van der Waals surface area contributed by atoms with Gasteiger partial charge in [0.1, 0.15) is 11.7 Å². The van der Waals surface area contributed by atoms with Crippen LogP contribution < -0.4 is 5.43 Å². The minimum atomic E-state index is -0.561. The number of hydrazine groups is 1. The predicted octanol–water partition coefficient (Wildman–Crippen LogP) is 1.77. The highest BCUT2D eigenvalue weighted by molar-refractivity contribution is 8.12. The number of nitrogens with one attached hydrogen (secondary N) is 1. The van der Waals surface area contributed by atoms with Crippen LogP contribution in [0.5, 0.6) is 0 Å². The minimum absolute atomic E-state index is 0.430. The Morgan fingerprint density at radius 2 is 2.33 bits per heavy atom. The normalized spacial score (nSPS) is 11.9. The van der Waals surface area contributed by atoms with E-state index in [9.17, 15) is 10.1 Å². The molecule has 0 aliphatic rings. The van der Waals surface area contributed by atoms with Crippen molar-refractivity contribution in [3.8, 4) is 0 Å². The number of nitrogens with zero attached hydrogens (tertiary/aromatic N) is 3. The molecule has 0 unspecified atom stereocenters. The van der Waals surface area contributed by atoms with Crippen LogP contribution in [-0.4, -0.2) is 32.6 Å². The molecule has 98 valence electrons. The van der Waals surface area contributed by atoms with Gasteiger partial charge in [-0.1, -0.05) is 17.7 Å². The third-order valence-corrected chi connectivity index (χ3v) is 3.17. The second kappa shape index (κ2) is 7.17. The predicted molar refractivity (Wildman–Crippen MR) is 72.4 cm³/mol. The van der Waals surface area contributed by atoms with Crippen LogP contribution in [-0.2, 0) is 6.54 Å². The molecule has 0 radical (unpaired) electrons. The smallest absolute Gasteiger partial charge is 0.247 e. The molecule has 0 amide bonds. The van der Waals surface area contributed by atoms with Crippen LogP contribution in [0.3, 0.4) is 0 Å². The van der Waals surface area contributed by atoms with Crippen molar-refractivity contribution in [2.75, 3.05) is 12.8 Å². The second-order valence-corrected chi connectivity index (χ2v) is 4.56. The summed E-state index contributed by atoms with van der Waals surface area (Å²) in [4.78, 5) is 14.5. The minimum Gasteiger partial charge on any atom is -0.247 e. The molecule has 0 bridgehead atoms. The van der Waals surface area contributed by atoms with Gasteiger partial charge < -0.3 is 0 Å². The average Bonchev–Trinajstić information content (AvgIpc) is 2.35. The molecule has 0 saturated heterocycles. The van der Waals surface area contributed by atoms with Gasteiger partial charge in [-0.25, -0.2) is 19.7 Å². The molecular formula is C10H14ClN4O2S+. The molecule has 0 fully saturated rings. The van der Waals surface area contributed by atoms with E-state index in [1.165, 1.54) is 11.8 Å². The fraction of sp³-hybridized carbons (Fsp3) is 0.400. The lowest BCUT2D eigenvalue weighted by Gasteiger charge is -2.06. The first-order chi connectivity index (χ1) is 8.56. The Bertz CT molecular complexity index is 450. The molecule has 1 aromatic rings. The van der Waals surface area contributed by atoms with Crippen LogP contribution in [0.4, 0.5) is 0 Å². The summed E-state index contributed by atoms with van der Waals surface area (Å²) in [5.74, 6) is 0. The lowest BCUT2D eigenvalue weighted by atomic mass is 10.3. The number of hydrogen-bond donors (Lipinski definition) is 1. The SMILES string of the molecule is CC[N+](Cc1ccc(Cl)nc1)=C(N[N+](=O)[O-])SC. The highest BCUT2D eigenvalue weighted by atomic mass is 35.5. The Morgan fingerprint density at radius 3 is 2.78 bits per heavy atom. The van der Waals surface area contributed by atoms with Crippen LogP contribution in [0.25, 0.3) is 0 Å². The Morgan fingerprint density at radius 1 is 1.61 bits per heavy atom. The molecule has 0 saturated carbocycles. The highest BCUT2D eigenvalue weighted by Crippen LogP contribution is 2.07. The summed E-state index contributed by atoms with van der Waals surface area (Å²) in [7, 11) is 0. The molecule has 8 heteroatoms. The summed E-state index contributed by atoms with van der Waals surface area (Å²) in [6.45, 7) is 3.12. The van der Waals surface area contributed by atoms with Gasteiger partial charge >= 0.3 is 5.17 Å². The van der Waals surface area contributed by atoms with E-state index in [4.69, 9.17) is 11.6 Å². The third kappa shape index (κ3) is 4.50. The second-order valence-electron chi connectivity index (χ2n) is 3.38. The maximum atomic E-state index is 10.5. The standard InChI is InChI=1S/C10H13ClN4O2S/c1-3-14(10(18-2)13-15(16)17)7-8-4-5-9(11)12-6-8/h4-6H,3,7H2,1-2H3/p+1. The van der Waals surface area contributed by atoms with Crippen molar-refractivity contribution in [3.63, 3.8) is 0 Å². The number of rotatable bonds is 4. The molecular weight excluding hydrogens is 276 g/mol. The molecule has 0 aliphatic carbocycles. The maximum Gasteiger partial charge on any atom is 0.371 e. The van der Waals surface area contributed by atoms with E-state index in [1.54, 1.807) is 18.5 Å². The van der Waals surface area contributed by atoms with E-state index in [1.807, 2.05) is 17.6 Å². The molecule has 1 N–H and O–H groups in total. The van der Waals surface area contributed by atoms with Crippen molar-refractivity contribution in [2.45, 2.75) is 13.5 Å². The van der Waals surface area contributed by atoms with Crippen LogP contribution in [0, 0.1) is 10.1 Å². The molecule has 0 aliphatic heterocycles. The molecule has 18 heavy (non-hydrogen) atoms. The first kappa shape index (κ1) is 14.7. The van der Waals surface area contributed by atoms with Gasteiger partial charge in [-0.2, -0.15) is 0 Å².